The van der Waals surface area contributed by atoms with Crippen LogP contribution in [0.4, 0.5) is 5.82 Å². The Morgan fingerprint density at radius 2 is 2.00 bits per heavy atom. The Bertz CT molecular complexity index is 320. The molecule has 4 nitrogen and oxygen atoms in total. The van der Waals surface area contributed by atoms with Crippen molar-refractivity contribution in [1.82, 2.24) is 4.98 Å². The van der Waals surface area contributed by atoms with Crippen molar-refractivity contribution in [1.29, 1.82) is 0 Å². The zero-order chi connectivity index (χ0) is 11.5. The number of nitrogens with one attached hydrogen (secondary N) is 1. The number of hydrogen-bond acceptors (Lipinski definition) is 4. The van der Waals surface area contributed by atoms with Crippen LogP contribution in [0.15, 0.2) is 16.6 Å². The molecule has 0 aliphatic rings. The van der Waals surface area contributed by atoms with Gasteiger partial charge in [0.05, 0.1) is 18.8 Å². The predicted octanol–water partition coefficient (Wildman–Crippen LogP) is 1.31. The van der Waals surface area contributed by atoms with Gasteiger partial charge >= 0.3 is 0 Å². The van der Waals surface area contributed by atoms with E-state index in [9.17, 15) is 0 Å². The van der Waals surface area contributed by atoms with Crippen molar-refractivity contribution in [2.45, 2.75) is 19.4 Å². The minimum absolute atomic E-state index is 0.156. The highest BCUT2D eigenvalue weighted by Crippen LogP contribution is 2.18. The maximum absolute atomic E-state index is 9.12. The van der Waals surface area contributed by atoms with Gasteiger partial charge < -0.3 is 15.5 Å². The topological polar surface area (TPSA) is 65.4 Å². The van der Waals surface area contributed by atoms with Crippen molar-refractivity contribution < 1.29 is 10.2 Å². The van der Waals surface area contributed by atoms with Crippen molar-refractivity contribution >= 4 is 21.7 Å². The summed E-state index contributed by atoms with van der Waals surface area (Å²) in [5, 5.41) is 21.2. The molecule has 0 bridgehead atoms. The Labute approximate surface area is 97.5 Å². The summed E-state index contributed by atoms with van der Waals surface area (Å²) in [5.74, 6) is 0.632. The summed E-state index contributed by atoms with van der Waals surface area (Å²) in [6, 6.07) is 3.69. The third-order valence-electron chi connectivity index (χ3n) is 2.05. The minimum atomic E-state index is -0.750. The first kappa shape index (κ1) is 12.4. The highest BCUT2D eigenvalue weighted by molar-refractivity contribution is 9.10. The number of hydrogen-bond donors (Lipinski definition) is 3. The lowest BCUT2D eigenvalue weighted by Crippen LogP contribution is -2.42. The number of aliphatic hydroxyl groups excluding tert-OH is 2. The highest BCUT2D eigenvalue weighted by atomic mass is 79.9. The monoisotopic (exact) mass is 274 g/mol. The Hall–Kier alpha value is -0.650. The van der Waals surface area contributed by atoms with Crippen LogP contribution < -0.4 is 5.32 Å². The second kappa shape index (κ2) is 4.92. The van der Waals surface area contributed by atoms with Crippen LogP contribution in [0.1, 0.15) is 12.6 Å². The van der Waals surface area contributed by atoms with E-state index < -0.39 is 5.54 Å². The first-order valence-electron chi connectivity index (χ1n) is 4.63. The van der Waals surface area contributed by atoms with Crippen LogP contribution in [0.2, 0.25) is 0 Å². The lowest BCUT2D eigenvalue weighted by atomic mass is 10.1. The van der Waals surface area contributed by atoms with Gasteiger partial charge in [-0.3, -0.25) is 0 Å². The molecule has 0 radical (unpaired) electrons. The first-order valence-corrected chi connectivity index (χ1v) is 5.42. The fourth-order valence-corrected chi connectivity index (χ4v) is 1.68. The Kier molecular flexibility index (Phi) is 4.07. The van der Waals surface area contributed by atoms with E-state index in [0.29, 0.717) is 5.82 Å². The highest BCUT2D eigenvalue weighted by Gasteiger charge is 2.22. The van der Waals surface area contributed by atoms with Gasteiger partial charge in [0.15, 0.2) is 0 Å². The van der Waals surface area contributed by atoms with Gasteiger partial charge in [0.2, 0.25) is 0 Å². The lowest BCUT2D eigenvalue weighted by Gasteiger charge is -2.27. The number of nitrogens with zero attached hydrogens (tertiary/aromatic N) is 1. The van der Waals surface area contributed by atoms with Gasteiger partial charge in [0.25, 0.3) is 0 Å². The number of aliphatic hydroxyl groups is 2. The number of anilines is 1. The smallest absolute Gasteiger partial charge is 0.127 e. The summed E-state index contributed by atoms with van der Waals surface area (Å²) >= 11 is 3.36. The minimum Gasteiger partial charge on any atom is -0.394 e. The van der Waals surface area contributed by atoms with Gasteiger partial charge in [-0.2, -0.15) is 0 Å². The summed E-state index contributed by atoms with van der Waals surface area (Å²) in [5.41, 5.74) is 0.116. The van der Waals surface area contributed by atoms with E-state index in [-0.39, 0.29) is 13.2 Å². The van der Waals surface area contributed by atoms with Crippen molar-refractivity contribution in [2.24, 2.45) is 0 Å². The summed E-state index contributed by atoms with van der Waals surface area (Å²) in [6.07, 6.45) is 0. The van der Waals surface area contributed by atoms with Crippen LogP contribution >= 0.6 is 15.9 Å². The van der Waals surface area contributed by atoms with E-state index in [1.54, 1.807) is 13.0 Å². The van der Waals surface area contributed by atoms with Gasteiger partial charge in [0.1, 0.15) is 5.82 Å². The summed E-state index contributed by atoms with van der Waals surface area (Å²) in [6.45, 7) is 3.30. The molecule has 0 saturated carbocycles. The average molecular weight is 275 g/mol. The Morgan fingerprint density at radius 1 is 1.40 bits per heavy atom. The van der Waals surface area contributed by atoms with Gasteiger partial charge in [0, 0.05) is 10.2 Å². The standard InChI is InChI=1S/C10H15BrN2O2/c1-7-3-8(11)4-9(12-7)13-10(2,5-14)6-15/h3-4,14-15H,5-6H2,1-2H3,(H,12,13). The molecule has 1 aromatic rings. The molecule has 0 saturated heterocycles. The van der Waals surface area contributed by atoms with Crippen molar-refractivity contribution in [3.63, 3.8) is 0 Å². The summed E-state index contributed by atoms with van der Waals surface area (Å²) in [7, 11) is 0. The van der Waals surface area contributed by atoms with Crippen molar-refractivity contribution in [3.05, 3.63) is 22.3 Å². The van der Waals surface area contributed by atoms with Crippen molar-refractivity contribution in [3.8, 4) is 0 Å². The number of aryl methyl sites for hydroxylation is 1. The maximum atomic E-state index is 9.12. The van der Waals surface area contributed by atoms with Gasteiger partial charge in [-0.15, -0.1) is 0 Å². The second-order valence-corrected chi connectivity index (χ2v) is 4.73. The molecular weight excluding hydrogens is 260 g/mol. The van der Waals surface area contributed by atoms with E-state index in [2.05, 4.69) is 26.2 Å². The molecule has 0 aromatic carbocycles. The largest absolute Gasteiger partial charge is 0.394 e. The van der Waals surface area contributed by atoms with Gasteiger partial charge in [-0.25, -0.2) is 4.98 Å². The van der Waals surface area contributed by atoms with Crippen molar-refractivity contribution in [2.75, 3.05) is 18.5 Å². The molecule has 0 atom stereocenters. The fraction of sp³-hybridized carbons (Fsp3) is 0.500. The molecule has 0 fully saturated rings. The molecule has 1 rings (SSSR count). The molecular formula is C10H15BrN2O2. The Morgan fingerprint density at radius 3 is 2.47 bits per heavy atom. The second-order valence-electron chi connectivity index (χ2n) is 3.81. The lowest BCUT2D eigenvalue weighted by molar-refractivity contribution is 0.147. The van der Waals surface area contributed by atoms with Crippen LogP contribution in [0, 0.1) is 6.92 Å². The molecule has 1 aromatic heterocycles. The normalized spacial score (nSPS) is 11.5. The van der Waals surface area contributed by atoms with Gasteiger partial charge in [-0.1, -0.05) is 15.9 Å². The molecule has 0 spiro atoms. The quantitative estimate of drug-likeness (QED) is 0.775. The van der Waals surface area contributed by atoms with Crippen LogP contribution in [0.25, 0.3) is 0 Å². The third kappa shape index (κ3) is 3.44. The number of pyridine rings is 1. The number of halogens is 1. The first-order chi connectivity index (χ1) is 6.99. The predicted molar refractivity (Wildman–Crippen MR) is 62.9 cm³/mol. The van der Waals surface area contributed by atoms with Crippen LogP contribution in [0.5, 0.6) is 0 Å². The number of rotatable bonds is 4. The molecule has 84 valence electrons. The van der Waals surface area contributed by atoms with E-state index in [0.717, 1.165) is 10.2 Å². The van der Waals surface area contributed by atoms with E-state index >= 15 is 0 Å². The molecule has 1 heterocycles. The zero-order valence-corrected chi connectivity index (χ0v) is 10.4. The summed E-state index contributed by atoms with van der Waals surface area (Å²) < 4.78 is 0.913. The molecule has 0 unspecified atom stereocenters. The molecule has 15 heavy (non-hydrogen) atoms. The molecule has 3 N–H and O–H groups in total. The molecule has 0 amide bonds. The number of aromatic nitrogens is 1. The molecule has 0 aliphatic heterocycles. The van der Waals surface area contributed by atoms with Crippen LogP contribution in [-0.2, 0) is 0 Å². The summed E-state index contributed by atoms with van der Waals surface area (Å²) in [4.78, 5) is 4.25. The van der Waals surface area contributed by atoms with Crippen LogP contribution in [-0.4, -0.2) is 33.9 Å². The van der Waals surface area contributed by atoms with Crippen LogP contribution in [0.3, 0.4) is 0 Å². The fourth-order valence-electron chi connectivity index (χ4n) is 1.13. The molecule has 5 heteroatoms. The van der Waals surface area contributed by atoms with E-state index in [4.69, 9.17) is 10.2 Å². The average Bonchev–Trinajstić information content (AvgIpc) is 2.16. The maximum Gasteiger partial charge on any atom is 0.127 e. The Balaban J connectivity index is 2.88. The third-order valence-corrected chi connectivity index (χ3v) is 2.50. The van der Waals surface area contributed by atoms with E-state index in [1.165, 1.54) is 0 Å². The zero-order valence-electron chi connectivity index (χ0n) is 8.79. The van der Waals surface area contributed by atoms with Gasteiger partial charge in [-0.05, 0) is 26.0 Å². The van der Waals surface area contributed by atoms with E-state index in [1.807, 2.05) is 13.0 Å². The molecule has 0 aliphatic carbocycles. The SMILES string of the molecule is Cc1cc(Br)cc(NC(C)(CO)CO)n1.